The third kappa shape index (κ3) is 4.93. The van der Waals surface area contributed by atoms with Crippen molar-refractivity contribution in [2.24, 2.45) is 17.6 Å². The van der Waals surface area contributed by atoms with Crippen LogP contribution in [0.2, 0.25) is 0 Å². The molecule has 0 unspecified atom stereocenters. The van der Waals surface area contributed by atoms with E-state index in [1.54, 1.807) is 9.80 Å². The molecule has 0 radical (unpaired) electrons. The van der Waals surface area contributed by atoms with Gasteiger partial charge in [0.2, 0.25) is 11.8 Å². The van der Waals surface area contributed by atoms with E-state index >= 15 is 0 Å². The SMILES string of the molecule is C[C@@H](c1ccccc1)N1C[C@@H](C(=O)OCC(=O)N2CCC(C(N)=O)CC2)CC1=O. The van der Waals surface area contributed by atoms with Crippen molar-refractivity contribution in [2.75, 3.05) is 26.2 Å². The predicted molar refractivity (Wildman–Crippen MR) is 104 cm³/mol. The minimum absolute atomic E-state index is 0.0915. The molecule has 0 saturated carbocycles. The summed E-state index contributed by atoms with van der Waals surface area (Å²) < 4.78 is 5.20. The second-order valence-corrected chi connectivity index (χ2v) is 7.70. The number of nitrogens with zero attached hydrogens (tertiary/aromatic N) is 2. The highest BCUT2D eigenvalue weighted by atomic mass is 16.5. The van der Waals surface area contributed by atoms with Crippen molar-refractivity contribution in [2.45, 2.75) is 32.2 Å². The van der Waals surface area contributed by atoms with Crippen molar-refractivity contribution in [3.8, 4) is 0 Å². The summed E-state index contributed by atoms with van der Waals surface area (Å²) in [6.45, 7) is 2.72. The van der Waals surface area contributed by atoms with Gasteiger partial charge in [-0.3, -0.25) is 19.2 Å². The Morgan fingerprint density at radius 1 is 1.14 bits per heavy atom. The highest BCUT2D eigenvalue weighted by Gasteiger charge is 2.38. The van der Waals surface area contributed by atoms with Crippen LogP contribution in [0.5, 0.6) is 0 Å². The van der Waals surface area contributed by atoms with Crippen LogP contribution in [0, 0.1) is 11.8 Å². The Morgan fingerprint density at radius 3 is 2.41 bits per heavy atom. The molecule has 0 bridgehead atoms. The molecule has 2 atom stereocenters. The van der Waals surface area contributed by atoms with Crippen LogP contribution in [0.1, 0.15) is 37.8 Å². The molecule has 2 aliphatic rings. The van der Waals surface area contributed by atoms with E-state index < -0.39 is 11.9 Å². The Morgan fingerprint density at radius 2 is 1.79 bits per heavy atom. The van der Waals surface area contributed by atoms with Crippen molar-refractivity contribution in [1.82, 2.24) is 9.80 Å². The zero-order valence-corrected chi connectivity index (χ0v) is 16.6. The number of likely N-dealkylation sites (tertiary alicyclic amines) is 2. The van der Waals surface area contributed by atoms with E-state index in [-0.39, 0.29) is 49.3 Å². The van der Waals surface area contributed by atoms with Crippen molar-refractivity contribution in [1.29, 1.82) is 0 Å². The summed E-state index contributed by atoms with van der Waals surface area (Å²) in [5, 5.41) is 0. The van der Waals surface area contributed by atoms with Gasteiger partial charge in [0.15, 0.2) is 6.61 Å². The molecule has 8 heteroatoms. The fourth-order valence-electron chi connectivity index (χ4n) is 3.93. The molecule has 0 spiro atoms. The number of hydrogen-bond donors (Lipinski definition) is 1. The van der Waals surface area contributed by atoms with Gasteiger partial charge in [-0.1, -0.05) is 30.3 Å². The fraction of sp³-hybridized carbons (Fsp3) is 0.524. The van der Waals surface area contributed by atoms with E-state index in [0.717, 1.165) is 5.56 Å². The van der Waals surface area contributed by atoms with E-state index in [9.17, 15) is 19.2 Å². The molecule has 29 heavy (non-hydrogen) atoms. The minimum atomic E-state index is -0.568. The molecule has 2 fully saturated rings. The Bertz CT molecular complexity index is 774. The van der Waals surface area contributed by atoms with E-state index in [1.165, 1.54) is 0 Å². The normalized spacial score (nSPS) is 21.1. The van der Waals surface area contributed by atoms with Crippen LogP contribution in [0.4, 0.5) is 0 Å². The molecule has 1 aromatic carbocycles. The topological polar surface area (TPSA) is 110 Å². The highest BCUT2D eigenvalue weighted by Crippen LogP contribution is 2.29. The molecule has 0 aliphatic carbocycles. The predicted octanol–water partition coefficient (Wildman–Crippen LogP) is 0.863. The largest absolute Gasteiger partial charge is 0.455 e. The number of nitrogens with two attached hydrogens (primary N) is 1. The molecule has 3 rings (SSSR count). The summed E-state index contributed by atoms with van der Waals surface area (Å²) in [5.74, 6) is -2.03. The molecule has 1 aromatic rings. The van der Waals surface area contributed by atoms with Crippen molar-refractivity contribution in [3.63, 3.8) is 0 Å². The van der Waals surface area contributed by atoms with Gasteiger partial charge in [0.25, 0.3) is 5.91 Å². The van der Waals surface area contributed by atoms with Crippen LogP contribution < -0.4 is 5.73 Å². The highest BCUT2D eigenvalue weighted by molar-refractivity contribution is 5.88. The molecule has 3 amide bonds. The smallest absolute Gasteiger partial charge is 0.311 e. The van der Waals surface area contributed by atoms with Crippen LogP contribution >= 0.6 is 0 Å². The number of carbonyl (C=O) groups excluding carboxylic acids is 4. The van der Waals surface area contributed by atoms with Gasteiger partial charge in [-0.15, -0.1) is 0 Å². The van der Waals surface area contributed by atoms with Crippen molar-refractivity contribution < 1.29 is 23.9 Å². The van der Waals surface area contributed by atoms with E-state index in [2.05, 4.69) is 0 Å². The maximum atomic E-state index is 12.4. The zero-order valence-electron chi connectivity index (χ0n) is 16.6. The number of benzene rings is 1. The maximum absolute atomic E-state index is 12.4. The average Bonchev–Trinajstić information content (AvgIpc) is 3.13. The molecular formula is C21H27N3O5. The molecule has 2 saturated heterocycles. The number of ether oxygens (including phenoxy) is 1. The monoisotopic (exact) mass is 401 g/mol. The molecule has 8 nitrogen and oxygen atoms in total. The second kappa shape index (κ2) is 9.07. The van der Waals surface area contributed by atoms with Gasteiger partial charge in [0.1, 0.15) is 0 Å². The summed E-state index contributed by atoms with van der Waals surface area (Å²) in [5.41, 5.74) is 6.30. The minimum Gasteiger partial charge on any atom is -0.455 e. The third-order valence-electron chi connectivity index (χ3n) is 5.83. The first kappa shape index (κ1) is 20.8. The summed E-state index contributed by atoms with van der Waals surface area (Å²) in [7, 11) is 0. The summed E-state index contributed by atoms with van der Waals surface area (Å²) in [6, 6.07) is 9.50. The van der Waals surface area contributed by atoms with Gasteiger partial charge in [-0.2, -0.15) is 0 Å². The first-order chi connectivity index (χ1) is 13.9. The van der Waals surface area contributed by atoms with Gasteiger partial charge < -0.3 is 20.3 Å². The number of carbonyl (C=O) groups is 4. The van der Waals surface area contributed by atoms with Gasteiger partial charge in [-0.25, -0.2) is 0 Å². The second-order valence-electron chi connectivity index (χ2n) is 7.70. The summed E-state index contributed by atoms with van der Waals surface area (Å²) in [6.07, 6.45) is 1.14. The third-order valence-corrected chi connectivity index (χ3v) is 5.83. The van der Waals surface area contributed by atoms with Gasteiger partial charge in [-0.05, 0) is 25.3 Å². The van der Waals surface area contributed by atoms with Crippen LogP contribution in [-0.2, 0) is 23.9 Å². The number of amides is 3. The van der Waals surface area contributed by atoms with Crippen LogP contribution in [0.25, 0.3) is 0 Å². The van der Waals surface area contributed by atoms with Crippen LogP contribution in [-0.4, -0.2) is 59.7 Å². The molecular weight excluding hydrogens is 374 g/mol. The van der Waals surface area contributed by atoms with Gasteiger partial charge >= 0.3 is 5.97 Å². The lowest BCUT2D eigenvalue weighted by Gasteiger charge is -2.30. The Kier molecular flexibility index (Phi) is 6.51. The number of esters is 1. The van der Waals surface area contributed by atoms with Crippen LogP contribution in [0.3, 0.4) is 0 Å². The lowest BCUT2D eigenvalue weighted by Crippen LogP contribution is -2.43. The Balaban J connectivity index is 1.47. The first-order valence-corrected chi connectivity index (χ1v) is 9.95. The van der Waals surface area contributed by atoms with Gasteiger partial charge in [0, 0.05) is 32.0 Å². The van der Waals surface area contributed by atoms with Crippen LogP contribution in [0.15, 0.2) is 30.3 Å². The van der Waals surface area contributed by atoms with E-state index in [1.807, 2.05) is 37.3 Å². The van der Waals surface area contributed by atoms with Gasteiger partial charge in [0.05, 0.1) is 12.0 Å². The summed E-state index contributed by atoms with van der Waals surface area (Å²) >= 11 is 0. The fourth-order valence-corrected chi connectivity index (χ4v) is 3.93. The molecule has 156 valence electrons. The lowest BCUT2D eigenvalue weighted by molar-refractivity contribution is -0.155. The number of piperidine rings is 1. The zero-order chi connectivity index (χ0) is 21.0. The van der Waals surface area contributed by atoms with Crippen molar-refractivity contribution >= 4 is 23.7 Å². The summed E-state index contributed by atoms with van der Waals surface area (Å²) in [4.78, 5) is 51.5. The molecule has 2 aliphatic heterocycles. The Labute approximate surface area is 170 Å². The van der Waals surface area contributed by atoms with E-state index in [0.29, 0.717) is 25.9 Å². The number of primary amides is 1. The molecule has 2 N–H and O–H groups in total. The maximum Gasteiger partial charge on any atom is 0.311 e. The quantitative estimate of drug-likeness (QED) is 0.711. The number of hydrogen-bond acceptors (Lipinski definition) is 5. The number of rotatable bonds is 6. The Hall–Kier alpha value is -2.90. The van der Waals surface area contributed by atoms with Crippen molar-refractivity contribution in [3.05, 3.63) is 35.9 Å². The molecule has 2 heterocycles. The first-order valence-electron chi connectivity index (χ1n) is 9.95. The molecule has 0 aromatic heterocycles. The lowest BCUT2D eigenvalue weighted by atomic mass is 9.96. The van der Waals surface area contributed by atoms with E-state index in [4.69, 9.17) is 10.5 Å². The standard InChI is InChI=1S/C21H27N3O5/c1-14(15-5-3-2-4-6-15)24-12-17(11-18(24)25)21(28)29-13-19(26)23-9-7-16(8-10-23)20(22)27/h2-6,14,16-17H,7-13H2,1H3,(H2,22,27)/t14-,17-/m0/s1. The average molecular weight is 401 g/mol.